The summed E-state index contributed by atoms with van der Waals surface area (Å²) in [4.78, 5) is 17.3. The highest BCUT2D eigenvalue weighted by Crippen LogP contribution is 2.60. The van der Waals surface area contributed by atoms with E-state index in [4.69, 9.17) is 9.79 Å². The van der Waals surface area contributed by atoms with Crippen LogP contribution in [0.15, 0.2) is 24.8 Å². The van der Waals surface area contributed by atoms with Gasteiger partial charge in [0.1, 0.15) is 0 Å². The Morgan fingerprint density at radius 3 is 1.55 bits per heavy atom. The van der Waals surface area contributed by atoms with Crippen LogP contribution in [0.3, 0.4) is 0 Å². The molecule has 0 amide bonds. The van der Waals surface area contributed by atoms with Gasteiger partial charge in [0.25, 0.3) is 0 Å². The van der Waals surface area contributed by atoms with Gasteiger partial charge in [-0.1, -0.05) is 13.2 Å². The highest BCUT2D eigenvalue weighted by atomic mass is 31.3. The Balaban J connectivity index is 4.51. The van der Waals surface area contributed by atoms with Crippen molar-refractivity contribution >= 4 is 15.2 Å². The fourth-order valence-electron chi connectivity index (χ4n) is 0.234. The Bertz CT molecular complexity index is 231. The van der Waals surface area contributed by atoms with Gasteiger partial charge in [0.15, 0.2) is 0 Å². The average Bonchev–Trinajstić information content (AvgIpc) is 1.86. The van der Waals surface area contributed by atoms with Gasteiger partial charge in [0, 0.05) is 11.6 Å². The summed E-state index contributed by atoms with van der Waals surface area (Å²) in [5, 5.41) is 0. The minimum atomic E-state index is -4.13. The number of hydrogen-bond acceptors (Lipinski definition) is 3. The molecular formula is C4H8O5P2. The zero-order chi connectivity index (χ0) is 9.12. The summed E-state index contributed by atoms with van der Waals surface area (Å²) in [6.45, 7) is 5.89. The predicted molar refractivity (Wildman–Crippen MR) is 41.1 cm³/mol. The molecule has 0 bridgehead atoms. The Labute approximate surface area is 64.1 Å². The summed E-state index contributed by atoms with van der Waals surface area (Å²) in [6, 6.07) is 0. The van der Waals surface area contributed by atoms with Gasteiger partial charge in [-0.25, -0.2) is 4.31 Å². The third kappa shape index (κ3) is 4.30. The van der Waals surface area contributed by atoms with E-state index in [1.165, 1.54) is 0 Å². The van der Waals surface area contributed by atoms with Crippen molar-refractivity contribution in [3.05, 3.63) is 24.8 Å². The lowest BCUT2D eigenvalue weighted by Gasteiger charge is -2.09. The molecule has 7 heteroatoms. The minimum absolute atomic E-state index is 0.569. The van der Waals surface area contributed by atoms with Gasteiger partial charge in [-0.05, 0) is 0 Å². The molecule has 64 valence electrons. The maximum absolute atomic E-state index is 10.6. The van der Waals surface area contributed by atoms with Crippen LogP contribution in [-0.2, 0) is 13.4 Å². The topological polar surface area (TPSA) is 83.8 Å². The van der Waals surface area contributed by atoms with Crippen LogP contribution in [0.2, 0.25) is 0 Å². The van der Waals surface area contributed by atoms with Crippen molar-refractivity contribution in [2.75, 3.05) is 0 Å². The summed E-state index contributed by atoms with van der Waals surface area (Å²) >= 11 is 0. The van der Waals surface area contributed by atoms with E-state index in [9.17, 15) is 9.13 Å². The molecule has 0 spiro atoms. The molecule has 0 radical (unpaired) electrons. The van der Waals surface area contributed by atoms with Crippen LogP contribution in [-0.4, -0.2) is 9.79 Å². The van der Waals surface area contributed by atoms with E-state index in [1.54, 1.807) is 0 Å². The van der Waals surface area contributed by atoms with Crippen molar-refractivity contribution in [1.82, 2.24) is 0 Å². The van der Waals surface area contributed by atoms with Gasteiger partial charge < -0.3 is 9.79 Å². The van der Waals surface area contributed by atoms with E-state index in [-0.39, 0.29) is 0 Å². The molecule has 0 aliphatic carbocycles. The summed E-state index contributed by atoms with van der Waals surface area (Å²) in [7, 11) is -8.26. The zero-order valence-corrected chi connectivity index (χ0v) is 7.37. The number of hydrogen-bond donors (Lipinski definition) is 2. The lowest BCUT2D eigenvalue weighted by Crippen LogP contribution is -1.81. The van der Waals surface area contributed by atoms with Crippen LogP contribution < -0.4 is 0 Å². The maximum Gasteiger partial charge on any atom is 0.358 e. The van der Waals surface area contributed by atoms with Crippen LogP contribution in [0.5, 0.6) is 0 Å². The van der Waals surface area contributed by atoms with Crippen molar-refractivity contribution < 1.29 is 23.2 Å². The molecule has 0 saturated carbocycles. The number of rotatable bonds is 4. The SMILES string of the molecule is C=CP(=O)(O)OP(=O)(O)C=C. The highest BCUT2D eigenvalue weighted by Gasteiger charge is 2.26. The largest absolute Gasteiger partial charge is 0.358 e. The average molecular weight is 198 g/mol. The predicted octanol–water partition coefficient (Wildman–Crippen LogP) is 1.66. The smallest absolute Gasteiger partial charge is 0.321 e. The van der Waals surface area contributed by atoms with Crippen molar-refractivity contribution in [3.63, 3.8) is 0 Å². The van der Waals surface area contributed by atoms with E-state index in [1.807, 2.05) is 0 Å². The van der Waals surface area contributed by atoms with E-state index in [2.05, 4.69) is 17.5 Å². The Hall–Kier alpha value is -0.180. The monoisotopic (exact) mass is 198 g/mol. The first-order valence-electron chi connectivity index (χ1n) is 2.46. The molecule has 2 unspecified atom stereocenters. The third-order valence-corrected chi connectivity index (χ3v) is 3.49. The van der Waals surface area contributed by atoms with Gasteiger partial charge >= 0.3 is 15.2 Å². The second-order valence-corrected chi connectivity index (χ2v) is 5.22. The van der Waals surface area contributed by atoms with Crippen molar-refractivity contribution in [1.29, 1.82) is 0 Å². The Morgan fingerprint density at radius 1 is 1.09 bits per heavy atom. The van der Waals surface area contributed by atoms with Gasteiger partial charge in [-0.15, -0.1) is 0 Å². The molecule has 2 N–H and O–H groups in total. The van der Waals surface area contributed by atoms with Gasteiger partial charge in [0.2, 0.25) is 0 Å². The third-order valence-electron chi connectivity index (χ3n) is 0.695. The van der Waals surface area contributed by atoms with Crippen LogP contribution in [0.4, 0.5) is 0 Å². The van der Waals surface area contributed by atoms with Crippen LogP contribution in [0.25, 0.3) is 0 Å². The summed E-state index contributed by atoms with van der Waals surface area (Å²) in [5.74, 6) is 1.14. The standard InChI is InChI=1S/C4H8O5P2/c1-3-10(5,6)9-11(7,8)4-2/h3-4H,1-2H2,(H,5,6)(H,7,8). The van der Waals surface area contributed by atoms with Crippen molar-refractivity contribution in [2.24, 2.45) is 0 Å². The maximum atomic E-state index is 10.6. The fraction of sp³-hybridized carbons (Fsp3) is 0. The summed E-state index contributed by atoms with van der Waals surface area (Å²) in [5.41, 5.74) is 0. The Morgan fingerprint density at radius 2 is 1.36 bits per heavy atom. The molecule has 11 heavy (non-hydrogen) atoms. The molecular weight excluding hydrogens is 190 g/mol. The highest BCUT2D eigenvalue weighted by molar-refractivity contribution is 7.69. The second-order valence-electron chi connectivity index (χ2n) is 1.58. The fourth-order valence-corrected chi connectivity index (χ4v) is 2.11. The molecule has 0 fully saturated rings. The zero-order valence-electron chi connectivity index (χ0n) is 5.58. The first-order valence-corrected chi connectivity index (χ1v) is 5.76. The molecule has 2 atom stereocenters. The van der Waals surface area contributed by atoms with Crippen molar-refractivity contribution in [3.8, 4) is 0 Å². The molecule has 5 nitrogen and oxygen atoms in total. The summed E-state index contributed by atoms with van der Waals surface area (Å²) < 4.78 is 25.1. The lowest BCUT2D eigenvalue weighted by molar-refractivity contribution is 0.348. The summed E-state index contributed by atoms with van der Waals surface area (Å²) in [6.07, 6.45) is 0. The molecule has 0 heterocycles. The molecule has 0 saturated heterocycles. The molecule has 0 aromatic heterocycles. The van der Waals surface area contributed by atoms with Crippen LogP contribution in [0.1, 0.15) is 0 Å². The first kappa shape index (κ1) is 10.8. The lowest BCUT2D eigenvalue weighted by atomic mass is 11.3. The van der Waals surface area contributed by atoms with Gasteiger partial charge in [-0.3, -0.25) is 9.13 Å². The molecule has 0 aromatic carbocycles. The van der Waals surface area contributed by atoms with E-state index in [0.717, 1.165) is 0 Å². The van der Waals surface area contributed by atoms with Gasteiger partial charge in [0.05, 0.1) is 0 Å². The van der Waals surface area contributed by atoms with Crippen LogP contribution >= 0.6 is 15.2 Å². The minimum Gasteiger partial charge on any atom is -0.321 e. The Kier molecular flexibility index (Phi) is 3.42. The second kappa shape index (κ2) is 3.48. The van der Waals surface area contributed by atoms with Crippen molar-refractivity contribution in [2.45, 2.75) is 0 Å². The molecule has 0 rings (SSSR count). The first-order chi connectivity index (χ1) is 4.83. The normalized spacial score (nSPS) is 21.3. The van der Waals surface area contributed by atoms with E-state index in [0.29, 0.717) is 11.6 Å². The van der Waals surface area contributed by atoms with Gasteiger partial charge in [-0.2, -0.15) is 0 Å². The molecule has 0 aromatic rings. The van der Waals surface area contributed by atoms with Crippen LogP contribution in [0, 0.1) is 0 Å². The van der Waals surface area contributed by atoms with E-state index < -0.39 is 15.2 Å². The molecule has 0 aliphatic rings. The molecule has 0 aliphatic heterocycles. The van der Waals surface area contributed by atoms with E-state index >= 15 is 0 Å². The quantitative estimate of drug-likeness (QED) is 0.671.